The van der Waals surface area contributed by atoms with Crippen molar-refractivity contribution < 1.29 is 0 Å². The highest BCUT2D eigenvalue weighted by Gasteiger charge is 2.10. The summed E-state index contributed by atoms with van der Waals surface area (Å²) >= 11 is 0. The summed E-state index contributed by atoms with van der Waals surface area (Å²) in [6, 6.07) is 0. The zero-order valence-electron chi connectivity index (χ0n) is 8.55. The predicted octanol–water partition coefficient (Wildman–Crippen LogP) is 4.17. The van der Waals surface area contributed by atoms with E-state index < -0.39 is 0 Å². The second-order valence-electron chi connectivity index (χ2n) is 4.22. The first-order valence-corrected chi connectivity index (χ1v) is 5.49. The predicted molar refractivity (Wildman–Crippen MR) is 55.2 cm³/mol. The highest BCUT2D eigenvalue weighted by Crippen LogP contribution is 2.26. The number of allylic oxidation sites excluding steroid dienone is 2. The maximum Gasteiger partial charge on any atom is -0.0234 e. The van der Waals surface area contributed by atoms with Gasteiger partial charge in [-0.2, -0.15) is 0 Å². The molecule has 0 aromatic heterocycles. The summed E-state index contributed by atoms with van der Waals surface area (Å²) in [6.07, 6.45) is 13.3. The van der Waals surface area contributed by atoms with E-state index in [0.717, 1.165) is 11.8 Å². The Hall–Kier alpha value is -0.260. The molecular weight excluding hydrogens is 144 g/mol. The zero-order chi connectivity index (χ0) is 8.81. The lowest BCUT2D eigenvalue weighted by atomic mass is 10.0. The molecule has 1 unspecified atom stereocenters. The summed E-state index contributed by atoms with van der Waals surface area (Å²) in [4.78, 5) is 0. The Kier molecular flexibility index (Phi) is 4.42. The molecule has 12 heavy (non-hydrogen) atoms. The van der Waals surface area contributed by atoms with Gasteiger partial charge in [-0.1, -0.05) is 45.3 Å². The van der Waals surface area contributed by atoms with Crippen molar-refractivity contribution in [3.63, 3.8) is 0 Å². The Morgan fingerprint density at radius 3 is 2.58 bits per heavy atom. The van der Waals surface area contributed by atoms with Gasteiger partial charge in [0.25, 0.3) is 0 Å². The second-order valence-corrected chi connectivity index (χ2v) is 4.22. The lowest BCUT2D eigenvalue weighted by Gasteiger charge is -2.04. The first-order valence-electron chi connectivity index (χ1n) is 5.49. The summed E-state index contributed by atoms with van der Waals surface area (Å²) in [7, 11) is 0. The van der Waals surface area contributed by atoms with Gasteiger partial charge in [0.15, 0.2) is 0 Å². The third kappa shape index (κ3) is 3.42. The van der Waals surface area contributed by atoms with Crippen LogP contribution in [0.5, 0.6) is 0 Å². The van der Waals surface area contributed by atoms with Crippen molar-refractivity contribution in [3.05, 3.63) is 12.2 Å². The van der Waals surface area contributed by atoms with Crippen molar-refractivity contribution >= 4 is 0 Å². The smallest absolute Gasteiger partial charge is 0.0234 e. The molecule has 0 heteroatoms. The molecule has 1 aliphatic carbocycles. The Labute approximate surface area is 77.1 Å². The molecule has 0 aromatic rings. The molecule has 0 saturated heterocycles. The normalized spacial score (nSPS) is 22.2. The van der Waals surface area contributed by atoms with E-state index in [9.17, 15) is 0 Å². The summed E-state index contributed by atoms with van der Waals surface area (Å²) < 4.78 is 0. The number of hydrogen-bond donors (Lipinski definition) is 0. The van der Waals surface area contributed by atoms with Crippen LogP contribution in [-0.2, 0) is 0 Å². The number of hydrogen-bond acceptors (Lipinski definition) is 0. The van der Waals surface area contributed by atoms with E-state index in [1.807, 2.05) is 0 Å². The van der Waals surface area contributed by atoms with Crippen LogP contribution in [0.25, 0.3) is 0 Å². The van der Waals surface area contributed by atoms with Crippen LogP contribution in [0.4, 0.5) is 0 Å². The summed E-state index contributed by atoms with van der Waals surface area (Å²) in [5.74, 6) is 1.80. The van der Waals surface area contributed by atoms with Gasteiger partial charge in [-0.15, -0.1) is 0 Å². The molecule has 1 fully saturated rings. The third-order valence-corrected chi connectivity index (χ3v) is 3.04. The van der Waals surface area contributed by atoms with Gasteiger partial charge in [0.1, 0.15) is 0 Å². The molecule has 70 valence electrons. The van der Waals surface area contributed by atoms with Crippen LogP contribution < -0.4 is 0 Å². The quantitative estimate of drug-likeness (QED) is 0.550. The standard InChI is InChI=1S/C12H22/c1-3-11(2)7-6-10-12-8-4-5-9-12/h6,10-12H,3-5,7-9H2,1-2H3/b10-6+. The van der Waals surface area contributed by atoms with Gasteiger partial charge in [-0.05, 0) is 31.1 Å². The SMILES string of the molecule is CCC(C)C/C=C/C1CCCC1. The van der Waals surface area contributed by atoms with Crippen LogP contribution >= 0.6 is 0 Å². The van der Waals surface area contributed by atoms with E-state index >= 15 is 0 Å². The van der Waals surface area contributed by atoms with Crippen molar-refractivity contribution in [1.82, 2.24) is 0 Å². The molecule has 0 aliphatic heterocycles. The summed E-state index contributed by atoms with van der Waals surface area (Å²) in [5, 5.41) is 0. The maximum absolute atomic E-state index is 2.46. The Bertz CT molecular complexity index is 129. The van der Waals surface area contributed by atoms with Crippen LogP contribution in [-0.4, -0.2) is 0 Å². The minimum absolute atomic E-state index is 0.877. The highest BCUT2D eigenvalue weighted by atomic mass is 14.2. The molecule has 0 spiro atoms. The van der Waals surface area contributed by atoms with Gasteiger partial charge in [0.05, 0.1) is 0 Å². The first-order chi connectivity index (χ1) is 5.83. The molecule has 0 radical (unpaired) electrons. The van der Waals surface area contributed by atoms with Crippen LogP contribution in [0.2, 0.25) is 0 Å². The van der Waals surface area contributed by atoms with Crippen LogP contribution in [0.15, 0.2) is 12.2 Å². The molecular formula is C12H22. The van der Waals surface area contributed by atoms with E-state index in [-0.39, 0.29) is 0 Å². The lowest BCUT2D eigenvalue weighted by molar-refractivity contribution is 0.567. The highest BCUT2D eigenvalue weighted by molar-refractivity contribution is 4.91. The zero-order valence-corrected chi connectivity index (χ0v) is 8.55. The van der Waals surface area contributed by atoms with Gasteiger partial charge in [-0.3, -0.25) is 0 Å². The summed E-state index contributed by atoms with van der Waals surface area (Å²) in [6.45, 7) is 4.60. The van der Waals surface area contributed by atoms with Gasteiger partial charge in [0, 0.05) is 0 Å². The molecule has 0 bridgehead atoms. The Balaban J connectivity index is 2.11. The van der Waals surface area contributed by atoms with Crippen molar-refractivity contribution in [3.8, 4) is 0 Å². The molecule has 1 saturated carbocycles. The van der Waals surface area contributed by atoms with E-state index in [0.29, 0.717) is 0 Å². The van der Waals surface area contributed by atoms with E-state index in [1.54, 1.807) is 0 Å². The van der Waals surface area contributed by atoms with Crippen LogP contribution in [0, 0.1) is 11.8 Å². The number of rotatable bonds is 4. The van der Waals surface area contributed by atoms with E-state index in [2.05, 4.69) is 26.0 Å². The van der Waals surface area contributed by atoms with Crippen LogP contribution in [0.1, 0.15) is 52.4 Å². The fourth-order valence-corrected chi connectivity index (χ4v) is 1.82. The molecule has 0 nitrogen and oxygen atoms in total. The lowest BCUT2D eigenvalue weighted by Crippen LogP contribution is -1.90. The second kappa shape index (κ2) is 5.40. The largest absolute Gasteiger partial charge is 0.0880 e. The van der Waals surface area contributed by atoms with Crippen molar-refractivity contribution in [2.75, 3.05) is 0 Å². The van der Waals surface area contributed by atoms with Crippen molar-refractivity contribution in [2.24, 2.45) is 11.8 Å². The molecule has 0 N–H and O–H groups in total. The molecule has 1 rings (SSSR count). The Morgan fingerprint density at radius 2 is 2.00 bits per heavy atom. The maximum atomic E-state index is 2.46. The molecule has 1 aliphatic rings. The van der Waals surface area contributed by atoms with Crippen molar-refractivity contribution in [2.45, 2.75) is 52.4 Å². The monoisotopic (exact) mass is 166 g/mol. The van der Waals surface area contributed by atoms with Crippen molar-refractivity contribution in [1.29, 1.82) is 0 Å². The third-order valence-electron chi connectivity index (χ3n) is 3.04. The molecule has 0 aromatic carbocycles. The Morgan fingerprint density at radius 1 is 1.33 bits per heavy atom. The fraction of sp³-hybridized carbons (Fsp3) is 0.833. The van der Waals surface area contributed by atoms with Gasteiger partial charge >= 0.3 is 0 Å². The summed E-state index contributed by atoms with van der Waals surface area (Å²) in [5.41, 5.74) is 0. The van der Waals surface area contributed by atoms with Gasteiger partial charge in [0.2, 0.25) is 0 Å². The minimum atomic E-state index is 0.877. The van der Waals surface area contributed by atoms with E-state index in [1.165, 1.54) is 38.5 Å². The minimum Gasteiger partial charge on any atom is -0.0880 e. The topological polar surface area (TPSA) is 0 Å². The van der Waals surface area contributed by atoms with E-state index in [4.69, 9.17) is 0 Å². The average molecular weight is 166 g/mol. The fourth-order valence-electron chi connectivity index (χ4n) is 1.82. The average Bonchev–Trinajstić information content (AvgIpc) is 2.57. The molecule has 0 heterocycles. The van der Waals surface area contributed by atoms with Gasteiger partial charge < -0.3 is 0 Å². The molecule has 1 atom stereocenters. The first kappa shape index (κ1) is 9.83. The van der Waals surface area contributed by atoms with Gasteiger partial charge in [-0.25, -0.2) is 0 Å². The molecule has 0 amide bonds. The van der Waals surface area contributed by atoms with Crippen LogP contribution in [0.3, 0.4) is 0 Å².